The Balaban J connectivity index is 2.05. The maximum atomic E-state index is 5.67. The van der Waals surface area contributed by atoms with Crippen LogP contribution in [0.5, 0.6) is 0 Å². The van der Waals surface area contributed by atoms with E-state index < -0.39 is 0 Å². The number of aromatic nitrogens is 2. The van der Waals surface area contributed by atoms with Crippen LogP contribution in [0, 0.1) is 0 Å². The fourth-order valence-corrected chi connectivity index (χ4v) is 2.72. The van der Waals surface area contributed by atoms with Gasteiger partial charge in [-0.15, -0.1) is 11.8 Å². The molecule has 2 N–H and O–H groups in total. The summed E-state index contributed by atoms with van der Waals surface area (Å²) in [6.07, 6.45) is 3.50. The lowest BCUT2D eigenvalue weighted by atomic mass is 10.3. The Bertz CT molecular complexity index is 476. The zero-order valence-corrected chi connectivity index (χ0v) is 10.8. The number of halogens is 1. The van der Waals surface area contributed by atoms with E-state index >= 15 is 0 Å². The van der Waals surface area contributed by atoms with Gasteiger partial charge in [0.25, 0.3) is 0 Å². The van der Waals surface area contributed by atoms with Gasteiger partial charge in [0.15, 0.2) is 0 Å². The minimum Gasteiger partial charge on any atom is -0.399 e. The summed E-state index contributed by atoms with van der Waals surface area (Å²) in [7, 11) is 0. The van der Waals surface area contributed by atoms with Crippen LogP contribution in [0.15, 0.2) is 46.0 Å². The van der Waals surface area contributed by atoms with Crippen LogP contribution >= 0.6 is 27.7 Å². The molecular formula is C11H10BrN3S. The summed E-state index contributed by atoms with van der Waals surface area (Å²) in [6, 6.07) is 7.59. The number of hydrogen-bond acceptors (Lipinski definition) is 4. The van der Waals surface area contributed by atoms with Crippen molar-refractivity contribution in [3.63, 3.8) is 0 Å². The first-order valence-electron chi connectivity index (χ1n) is 4.69. The molecule has 0 aliphatic carbocycles. The van der Waals surface area contributed by atoms with E-state index in [1.807, 2.05) is 24.3 Å². The molecule has 3 nitrogen and oxygen atoms in total. The molecule has 0 unspecified atom stereocenters. The molecule has 0 aliphatic heterocycles. The van der Waals surface area contributed by atoms with Gasteiger partial charge < -0.3 is 5.73 Å². The second kappa shape index (κ2) is 5.32. The monoisotopic (exact) mass is 295 g/mol. The summed E-state index contributed by atoms with van der Waals surface area (Å²) >= 11 is 5.16. The zero-order valence-electron chi connectivity index (χ0n) is 8.43. The highest BCUT2D eigenvalue weighted by Gasteiger charge is 2.02. The quantitative estimate of drug-likeness (QED) is 0.698. The summed E-state index contributed by atoms with van der Waals surface area (Å²) in [5.41, 5.74) is 6.43. The molecule has 0 aliphatic rings. The lowest BCUT2D eigenvalue weighted by Gasteiger charge is -2.04. The number of anilines is 1. The molecule has 0 bridgehead atoms. The van der Waals surface area contributed by atoms with E-state index in [2.05, 4.69) is 25.9 Å². The van der Waals surface area contributed by atoms with Crippen molar-refractivity contribution < 1.29 is 0 Å². The molecule has 0 fully saturated rings. The predicted molar refractivity (Wildman–Crippen MR) is 70.1 cm³/mol. The molecule has 0 saturated carbocycles. The third-order valence-corrected chi connectivity index (χ3v) is 3.92. The Hall–Kier alpha value is -1.07. The van der Waals surface area contributed by atoms with E-state index in [0.717, 1.165) is 26.6 Å². The number of nitrogen functional groups attached to an aromatic ring is 1. The van der Waals surface area contributed by atoms with Crippen molar-refractivity contribution in [2.75, 3.05) is 5.73 Å². The van der Waals surface area contributed by atoms with Crippen molar-refractivity contribution in [2.45, 2.75) is 10.6 Å². The molecule has 1 aromatic heterocycles. The first kappa shape index (κ1) is 11.4. The molecule has 1 heterocycles. The Labute approximate surface area is 107 Å². The van der Waals surface area contributed by atoms with E-state index in [0.29, 0.717) is 0 Å². The van der Waals surface area contributed by atoms with Crippen LogP contribution in [-0.4, -0.2) is 9.97 Å². The van der Waals surface area contributed by atoms with E-state index in [1.165, 1.54) is 0 Å². The second-order valence-electron chi connectivity index (χ2n) is 3.14. The molecular weight excluding hydrogens is 286 g/mol. The lowest BCUT2D eigenvalue weighted by Crippen LogP contribution is -1.90. The third-order valence-electron chi connectivity index (χ3n) is 1.93. The van der Waals surface area contributed by atoms with Crippen molar-refractivity contribution in [3.8, 4) is 0 Å². The summed E-state index contributed by atoms with van der Waals surface area (Å²) in [5.74, 6) is 1.58. The van der Waals surface area contributed by atoms with Crippen molar-refractivity contribution in [1.82, 2.24) is 9.97 Å². The van der Waals surface area contributed by atoms with Gasteiger partial charge in [0.1, 0.15) is 5.82 Å². The van der Waals surface area contributed by atoms with E-state index in [1.54, 1.807) is 24.2 Å². The van der Waals surface area contributed by atoms with Gasteiger partial charge >= 0.3 is 0 Å². The standard InChI is InChI=1S/C11H10BrN3S/c12-9-6-8(13)2-3-10(9)16-7-11-14-4-1-5-15-11/h1-6H,7,13H2. The van der Waals surface area contributed by atoms with Crippen LogP contribution in [0.1, 0.15) is 5.82 Å². The molecule has 1 aromatic carbocycles. The SMILES string of the molecule is Nc1ccc(SCc2ncccn2)c(Br)c1. The van der Waals surface area contributed by atoms with Crippen molar-refractivity contribution >= 4 is 33.4 Å². The average Bonchev–Trinajstić information content (AvgIpc) is 2.29. The van der Waals surface area contributed by atoms with Gasteiger partial charge in [-0.05, 0) is 40.2 Å². The maximum absolute atomic E-state index is 5.67. The predicted octanol–water partition coefficient (Wildman–Crippen LogP) is 3.11. The lowest BCUT2D eigenvalue weighted by molar-refractivity contribution is 1.03. The summed E-state index contributed by atoms with van der Waals surface area (Å²) < 4.78 is 1.01. The zero-order chi connectivity index (χ0) is 11.4. The van der Waals surface area contributed by atoms with Crippen LogP contribution in [0.25, 0.3) is 0 Å². The van der Waals surface area contributed by atoms with Crippen molar-refractivity contribution in [1.29, 1.82) is 0 Å². The van der Waals surface area contributed by atoms with Gasteiger partial charge in [-0.25, -0.2) is 9.97 Å². The molecule has 0 radical (unpaired) electrons. The number of rotatable bonds is 3. The van der Waals surface area contributed by atoms with Crippen molar-refractivity contribution in [3.05, 3.63) is 47.0 Å². The van der Waals surface area contributed by atoms with Crippen LogP contribution < -0.4 is 5.73 Å². The number of nitrogens with two attached hydrogens (primary N) is 1. The fraction of sp³-hybridized carbons (Fsp3) is 0.0909. The first-order valence-corrected chi connectivity index (χ1v) is 6.47. The van der Waals surface area contributed by atoms with E-state index in [4.69, 9.17) is 5.73 Å². The van der Waals surface area contributed by atoms with E-state index in [9.17, 15) is 0 Å². The number of thioether (sulfide) groups is 1. The van der Waals surface area contributed by atoms with Gasteiger partial charge in [-0.1, -0.05) is 0 Å². The Morgan fingerprint density at radius 3 is 2.69 bits per heavy atom. The highest BCUT2D eigenvalue weighted by atomic mass is 79.9. The van der Waals surface area contributed by atoms with Crippen LogP contribution in [0.2, 0.25) is 0 Å². The number of benzene rings is 1. The minimum absolute atomic E-state index is 0.753. The van der Waals surface area contributed by atoms with Crippen LogP contribution in [-0.2, 0) is 5.75 Å². The smallest absolute Gasteiger partial charge is 0.138 e. The molecule has 2 rings (SSSR count). The highest BCUT2D eigenvalue weighted by molar-refractivity contribution is 9.10. The van der Waals surface area contributed by atoms with Gasteiger partial charge in [-0.2, -0.15) is 0 Å². The van der Waals surface area contributed by atoms with Gasteiger partial charge in [0.05, 0.1) is 5.75 Å². The largest absolute Gasteiger partial charge is 0.399 e. The fourth-order valence-electron chi connectivity index (χ4n) is 1.18. The molecule has 2 aromatic rings. The summed E-state index contributed by atoms with van der Waals surface area (Å²) in [6.45, 7) is 0. The summed E-state index contributed by atoms with van der Waals surface area (Å²) in [5, 5.41) is 0. The molecule has 5 heteroatoms. The van der Waals surface area contributed by atoms with Crippen LogP contribution in [0.4, 0.5) is 5.69 Å². The second-order valence-corrected chi connectivity index (χ2v) is 5.02. The molecule has 82 valence electrons. The Morgan fingerprint density at radius 2 is 2.00 bits per heavy atom. The number of hydrogen-bond donors (Lipinski definition) is 1. The molecule has 16 heavy (non-hydrogen) atoms. The van der Waals surface area contributed by atoms with E-state index in [-0.39, 0.29) is 0 Å². The van der Waals surface area contributed by atoms with Gasteiger partial charge in [0, 0.05) is 27.4 Å². The Kier molecular flexibility index (Phi) is 3.79. The molecule has 0 saturated heterocycles. The molecule has 0 atom stereocenters. The summed E-state index contributed by atoms with van der Waals surface area (Å²) in [4.78, 5) is 9.48. The third kappa shape index (κ3) is 2.96. The normalized spacial score (nSPS) is 10.3. The van der Waals surface area contributed by atoms with Crippen LogP contribution in [0.3, 0.4) is 0 Å². The Morgan fingerprint density at radius 1 is 1.25 bits per heavy atom. The van der Waals surface area contributed by atoms with Gasteiger partial charge in [-0.3, -0.25) is 0 Å². The highest BCUT2D eigenvalue weighted by Crippen LogP contribution is 2.30. The first-order chi connectivity index (χ1) is 7.75. The van der Waals surface area contributed by atoms with Gasteiger partial charge in [0.2, 0.25) is 0 Å². The number of nitrogens with zero attached hydrogens (tertiary/aromatic N) is 2. The minimum atomic E-state index is 0.753. The topological polar surface area (TPSA) is 51.8 Å². The molecule has 0 amide bonds. The maximum Gasteiger partial charge on any atom is 0.138 e. The average molecular weight is 296 g/mol. The van der Waals surface area contributed by atoms with Crippen molar-refractivity contribution in [2.24, 2.45) is 0 Å². The molecule has 0 spiro atoms.